The summed E-state index contributed by atoms with van der Waals surface area (Å²) < 4.78 is 18.7. The second kappa shape index (κ2) is 5.96. The van der Waals surface area contributed by atoms with E-state index in [1.165, 1.54) is 18.3 Å². The van der Waals surface area contributed by atoms with Gasteiger partial charge in [-0.05, 0) is 25.1 Å². The maximum absolute atomic E-state index is 13.3. The van der Waals surface area contributed by atoms with Gasteiger partial charge in [0.05, 0.1) is 6.61 Å². The van der Waals surface area contributed by atoms with Gasteiger partial charge in [0.25, 0.3) is 0 Å². The molecule has 1 heterocycles. The van der Waals surface area contributed by atoms with Crippen LogP contribution in [0.2, 0.25) is 0 Å². The number of nitrogens with zero attached hydrogens (tertiary/aromatic N) is 2. The minimum absolute atomic E-state index is 0.00962. The van der Waals surface area contributed by atoms with Gasteiger partial charge in [-0.3, -0.25) is 0 Å². The minimum Gasteiger partial charge on any atom is -0.462 e. The number of aromatic nitrogens is 2. The highest BCUT2D eigenvalue weighted by molar-refractivity contribution is 9.10. The molecule has 0 aliphatic carbocycles. The van der Waals surface area contributed by atoms with Crippen molar-refractivity contribution >= 4 is 27.7 Å². The number of anilines is 1. The van der Waals surface area contributed by atoms with Gasteiger partial charge in [0, 0.05) is 16.2 Å². The maximum atomic E-state index is 13.3. The summed E-state index contributed by atoms with van der Waals surface area (Å²) in [5.74, 6) is -0.791. The predicted octanol–water partition coefficient (Wildman–Crippen LogP) is 2.80. The van der Waals surface area contributed by atoms with Crippen molar-refractivity contribution in [1.29, 1.82) is 0 Å². The average Bonchev–Trinajstić information content (AvgIpc) is 2.41. The molecule has 2 N–H and O–H groups in total. The number of carbonyl (C=O) groups excluding carboxylic acids is 1. The highest BCUT2D eigenvalue weighted by Gasteiger charge is 2.15. The Morgan fingerprint density at radius 1 is 1.50 bits per heavy atom. The fraction of sp³-hybridized carbons (Fsp3) is 0.154. The molecule has 0 fully saturated rings. The highest BCUT2D eigenvalue weighted by Crippen LogP contribution is 2.27. The first-order valence-corrected chi connectivity index (χ1v) is 6.57. The number of benzene rings is 1. The van der Waals surface area contributed by atoms with Gasteiger partial charge in [-0.25, -0.2) is 19.2 Å². The fourth-order valence-electron chi connectivity index (χ4n) is 1.56. The molecule has 0 atom stereocenters. The van der Waals surface area contributed by atoms with E-state index in [9.17, 15) is 9.18 Å². The Bertz CT molecular complexity index is 664. The van der Waals surface area contributed by atoms with Gasteiger partial charge in [-0.1, -0.05) is 15.9 Å². The van der Waals surface area contributed by atoms with E-state index in [2.05, 4.69) is 25.9 Å². The fourth-order valence-corrected chi connectivity index (χ4v) is 1.98. The lowest BCUT2D eigenvalue weighted by Crippen LogP contribution is -2.10. The molecule has 0 aliphatic rings. The zero-order valence-corrected chi connectivity index (χ0v) is 12.1. The van der Waals surface area contributed by atoms with Crippen LogP contribution in [0.1, 0.15) is 17.3 Å². The van der Waals surface area contributed by atoms with Crippen LogP contribution >= 0.6 is 15.9 Å². The Morgan fingerprint density at radius 3 is 2.90 bits per heavy atom. The quantitative estimate of drug-likeness (QED) is 0.870. The third kappa shape index (κ3) is 2.93. The lowest BCUT2D eigenvalue weighted by Gasteiger charge is -2.07. The van der Waals surface area contributed by atoms with Crippen LogP contribution in [0.5, 0.6) is 0 Å². The van der Waals surface area contributed by atoms with Crippen LogP contribution in [0.4, 0.5) is 10.2 Å². The zero-order valence-electron chi connectivity index (χ0n) is 10.6. The van der Waals surface area contributed by atoms with Crippen LogP contribution in [0, 0.1) is 5.82 Å². The third-order valence-electron chi connectivity index (χ3n) is 2.48. The van der Waals surface area contributed by atoms with Crippen molar-refractivity contribution in [2.75, 3.05) is 12.3 Å². The molecule has 20 heavy (non-hydrogen) atoms. The smallest absolute Gasteiger partial charge is 0.343 e. The molecule has 5 nitrogen and oxygen atoms in total. The molecule has 2 aromatic rings. The van der Waals surface area contributed by atoms with E-state index in [0.717, 1.165) is 0 Å². The lowest BCUT2D eigenvalue weighted by atomic mass is 10.2. The van der Waals surface area contributed by atoms with Gasteiger partial charge in [0.1, 0.15) is 17.2 Å². The van der Waals surface area contributed by atoms with E-state index in [-0.39, 0.29) is 23.8 Å². The van der Waals surface area contributed by atoms with E-state index in [1.54, 1.807) is 13.0 Å². The maximum Gasteiger partial charge on any atom is 0.343 e. The monoisotopic (exact) mass is 339 g/mol. The van der Waals surface area contributed by atoms with Crippen LogP contribution in [0.3, 0.4) is 0 Å². The number of nitrogen functional groups attached to an aromatic ring is 1. The third-order valence-corrected chi connectivity index (χ3v) is 3.17. The molecular weight excluding hydrogens is 329 g/mol. The molecule has 2 rings (SSSR count). The number of ether oxygens (including phenoxy) is 1. The van der Waals surface area contributed by atoms with Crippen LogP contribution in [0.25, 0.3) is 11.4 Å². The molecule has 0 unspecified atom stereocenters. The normalized spacial score (nSPS) is 10.3. The molecule has 1 aromatic carbocycles. The topological polar surface area (TPSA) is 78.1 Å². The van der Waals surface area contributed by atoms with Crippen molar-refractivity contribution in [3.63, 3.8) is 0 Å². The molecule has 0 radical (unpaired) electrons. The van der Waals surface area contributed by atoms with E-state index >= 15 is 0 Å². The number of carbonyl (C=O) groups is 1. The lowest BCUT2D eigenvalue weighted by molar-refractivity contribution is 0.0527. The van der Waals surface area contributed by atoms with Crippen molar-refractivity contribution < 1.29 is 13.9 Å². The van der Waals surface area contributed by atoms with Crippen molar-refractivity contribution in [3.05, 3.63) is 40.2 Å². The summed E-state index contributed by atoms with van der Waals surface area (Å²) >= 11 is 3.28. The molecule has 0 aliphatic heterocycles. The second-order valence-corrected chi connectivity index (χ2v) is 4.69. The summed E-state index contributed by atoms with van der Waals surface area (Å²) in [6.07, 6.45) is 1.27. The SMILES string of the molecule is CCOC(=O)c1cnc(-c2cc(F)ccc2Br)nc1N. The molecule has 1 aromatic heterocycles. The van der Waals surface area contributed by atoms with Gasteiger partial charge >= 0.3 is 5.97 Å². The van der Waals surface area contributed by atoms with E-state index in [1.807, 2.05) is 0 Å². The standard InChI is InChI=1S/C13H11BrFN3O2/c1-2-20-13(19)9-6-17-12(18-11(9)16)8-5-7(15)3-4-10(8)14/h3-6H,2H2,1H3,(H2,16,17,18). The average molecular weight is 340 g/mol. The Kier molecular flexibility index (Phi) is 4.29. The summed E-state index contributed by atoms with van der Waals surface area (Å²) in [5, 5.41) is 0. The molecule has 0 bridgehead atoms. The van der Waals surface area contributed by atoms with E-state index < -0.39 is 11.8 Å². The number of hydrogen-bond acceptors (Lipinski definition) is 5. The van der Waals surface area contributed by atoms with Gasteiger partial charge in [-0.2, -0.15) is 0 Å². The van der Waals surface area contributed by atoms with Gasteiger partial charge in [-0.15, -0.1) is 0 Å². The van der Waals surface area contributed by atoms with Crippen LogP contribution in [0.15, 0.2) is 28.9 Å². The van der Waals surface area contributed by atoms with Crippen molar-refractivity contribution in [3.8, 4) is 11.4 Å². The molecule has 0 saturated carbocycles. The number of rotatable bonds is 3. The van der Waals surface area contributed by atoms with Gasteiger partial charge < -0.3 is 10.5 Å². The summed E-state index contributed by atoms with van der Waals surface area (Å²) in [6.45, 7) is 1.92. The van der Waals surface area contributed by atoms with Gasteiger partial charge in [0.2, 0.25) is 0 Å². The Labute approximate surface area is 123 Å². The van der Waals surface area contributed by atoms with Crippen molar-refractivity contribution in [2.45, 2.75) is 6.92 Å². The Balaban J connectivity index is 2.43. The summed E-state index contributed by atoms with van der Waals surface area (Å²) in [4.78, 5) is 19.6. The number of esters is 1. The summed E-state index contributed by atoms with van der Waals surface area (Å²) in [5.41, 5.74) is 6.25. The number of hydrogen-bond donors (Lipinski definition) is 1. The van der Waals surface area contributed by atoms with E-state index in [4.69, 9.17) is 10.5 Å². The van der Waals surface area contributed by atoms with Crippen molar-refractivity contribution in [1.82, 2.24) is 9.97 Å². The molecule has 0 spiro atoms. The number of nitrogens with two attached hydrogens (primary N) is 1. The zero-order chi connectivity index (χ0) is 14.7. The van der Waals surface area contributed by atoms with Gasteiger partial charge in [0.15, 0.2) is 5.82 Å². The highest BCUT2D eigenvalue weighted by atomic mass is 79.9. The second-order valence-electron chi connectivity index (χ2n) is 3.84. The summed E-state index contributed by atoms with van der Waals surface area (Å²) in [6, 6.07) is 4.14. The van der Waals surface area contributed by atoms with Crippen LogP contribution < -0.4 is 5.73 Å². The largest absolute Gasteiger partial charge is 0.462 e. The van der Waals surface area contributed by atoms with Crippen LogP contribution in [-0.4, -0.2) is 22.5 Å². The molecule has 7 heteroatoms. The van der Waals surface area contributed by atoms with Crippen LogP contribution in [-0.2, 0) is 4.74 Å². The molecule has 0 saturated heterocycles. The van der Waals surface area contributed by atoms with E-state index in [0.29, 0.717) is 10.0 Å². The molecule has 104 valence electrons. The Morgan fingerprint density at radius 2 is 2.25 bits per heavy atom. The Hall–Kier alpha value is -2.02. The first-order valence-electron chi connectivity index (χ1n) is 5.78. The summed E-state index contributed by atoms with van der Waals surface area (Å²) in [7, 11) is 0. The molecular formula is C13H11BrFN3O2. The van der Waals surface area contributed by atoms with Crippen molar-refractivity contribution in [2.24, 2.45) is 0 Å². The number of halogens is 2. The molecule has 0 amide bonds. The first kappa shape index (κ1) is 14.4. The predicted molar refractivity (Wildman–Crippen MR) is 75.5 cm³/mol. The first-order chi connectivity index (χ1) is 9.52. The minimum atomic E-state index is -0.588.